The normalized spacial score (nSPS) is 17.1. The molecule has 190 valence electrons. The van der Waals surface area contributed by atoms with E-state index in [0.29, 0.717) is 22.6 Å². The van der Waals surface area contributed by atoms with Crippen LogP contribution in [0, 0.1) is 11.7 Å². The van der Waals surface area contributed by atoms with E-state index in [1.165, 1.54) is 24.3 Å². The van der Waals surface area contributed by atoms with Gasteiger partial charge in [0.2, 0.25) is 0 Å². The maximum Gasteiger partial charge on any atom is 0.416 e. The number of hydrogen-bond acceptors (Lipinski definition) is 2. The number of alkyl halides is 3. The van der Waals surface area contributed by atoms with Crippen LogP contribution in [0.15, 0.2) is 66.7 Å². The number of carboxylic acid groups (broad SMARTS) is 1. The number of piperidine rings is 1. The molecule has 0 radical (unpaired) electrons. The van der Waals surface area contributed by atoms with Crippen LogP contribution in [-0.4, -0.2) is 29.1 Å². The first-order chi connectivity index (χ1) is 17.0. The highest BCUT2D eigenvalue weighted by Crippen LogP contribution is 2.40. The van der Waals surface area contributed by atoms with Gasteiger partial charge in [-0.3, -0.25) is 9.69 Å². The molecular formula is C29H29F4NO2. The van der Waals surface area contributed by atoms with Crippen LogP contribution in [0.5, 0.6) is 0 Å². The van der Waals surface area contributed by atoms with Crippen LogP contribution in [0.25, 0.3) is 11.1 Å². The molecule has 0 aliphatic carbocycles. The molecule has 3 aromatic rings. The van der Waals surface area contributed by atoms with Crippen LogP contribution in [-0.2, 0) is 11.0 Å². The Morgan fingerprint density at radius 1 is 0.944 bits per heavy atom. The molecule has 0 bridgehead atoms. The number of hydrogen-bond donors (Lipinski definition) is 1. The van der Waals surface area contributed by atoms with Crippen molar-refractivity contribution in [1.82, 2.24) is 4.90 Å². The SMILES string of the molecule is CC1CCN(C(c2ccc(F)cc2)c2ccc([C@@H](C)C(=O)O)cc2-c2ccc(C(F)(F)F)cc2)CC1. The summed E-state index contributed by atoms with van der Waals surface area (Å²) >= 11 is 0. The number of carbonyl (C=O) groups is 1. The molecule has 1 aliphatic rings. The quantitative estimate of drug-likeness (QED) is 0.357. The number of nitrogens with zero attached hydrogens (tertiary/aromatic N) is 1. The topological polar surface area (TPSA) is 40.5 Å². The van der Waals surface area contributed by atoms with Crippen molar-refractivity contribution in [2.45, 2.75) is 44.8 Å². The summed E-state index contributed by atoms with van der Waals surface area (Å²) in [5.41, 5.74) is 2.77. The Morgan fingerprint density at radius 2 is 1.53 bits per heavy atom. The summed E-state index contributed by atoms with van der Waals surface area (Å²) in [4.78, 5) is 14.0. The molecule has 1 fully saturated rings. The third-order valence-corrected chi connectivity index (χ3v) is 7.13. The van der Waals surface area contributed by atoms with Crippen molar-refractivity contribution in [3.05, 3.63) is 94.8 Å². The zero-order chi connectivity index (χ0) is 26.0. The second-order valence-electron chi connectivity index (χ2n) is 9.65. The Balaban J connectivity index is 1.88. The van der Waals surface area contributed by atoms with Gasteiger partial charge in [-0.05, 0) is 96.9 Å². The first kappa shape index (κ1) is 25.9. The Bertz CT molecular complexity index is 1200. The molecule has 1 aliphatic heterocycles. The Morgan fingerprint density at radius 3 is 2.08 bits per heavy atom. The molecule has 7 heteroatoms. The summed E-state index contributed by atoms with van der Waals surface area (Å²) in [6.45, 7) is 5.43. The molecular weight excluding hydrogens is 470 g/mol. The summed E-state index contributed by atoms with van der Waals surface area (Å²) in [6.07, 6.45) is -2.45. The zero-order valence-corrected chi connectivity index (χ0v) is 20.2. The molecule has 1 unspecified atom stereocenters. The van der Waals surface area contributed by atoms with Crippen molar-refractivity contribution < 1.29 is 27.5 Å². The Kier molecular flexibility index (Phi) is 7.50. The first-order valence-corrected chi connectivity index (χ1v) is 12.1. The van der Waals surface area contributed by atoms with Gasteiger partial charge in [0.1, 0.15) is 5.82 Å². The minimum atomic E-state index is -4.46. The lowest BCUT2D eigenvalue weighted by atomic mass is 9.85. The van der Waals surface area contributed by atoms with E-state index in [1.807, 2.05) is 6.07 Å². The first-order valence-electron chi connectivity index (χ1n) is 12.1. The van der Waals surface area contributed by atoms with Gasteiger partial charge in [0.05, 0.1) is 17.5 Å². The molecule has 3 nitrogen and oxygen atoms in total. The third kappa shape index (κ3) is 5.62. The highest BCUT2D eigenvalue weighted by atomic mass is 19.4. The van der Waals surface area contributed by atoms with Crippen molar-refractivity contribution in [2.75, 3.05) is 13.1 Å². The maximum atomic E-state index is 13.8. The van der Waals surface area contributed by atoms with Gasteiger partial charge in [0.25, 0.3) is 0 Å². The van der Waals surface area contributed by atoms with Gasteiger partial charge in [-0.25, -0.2) is 4.39 Å². The molecule has 0 aromatic heterocycles. The van der Waals surface area contributed by atoms with Crippen molar-refractivity contribution in [2.24, 2.45) is 5.92 Å². The van der Waals surface area contributed by atoms with Crippen molar-refractivity contribution in [3.8, 4) is 11.1 Å². The van der Waals surface area contributed by atoms with E-state index in [1.54, 1.807) is 31.2 Å². The van der Waals surface area contributed by atoms with Gasteiger partial charge in [0.15, 0.2) is 0 Å². The predicted octanol–water partition coefficient (Wildman–Crippen LogP) is 7.52. The summed E-state index contributed by atoms with van der Waals surface area (Å²) in [5, 5.41) is 9.57. The standard InChI is InChI=1S/C29H29F4NO2/c1-18-13-15-34(16-14-18)27(21-5-10-24(30)11-6-21)25-12-7-22(19(2)28(35)36)17-26(25)20-3-8-23(9-4-20)29(31,32)33/h3-12,17-19,27H,13-16H2,1-2H3,(H,35,36)/t19-,27?/m1/s1. The fourth-order valence-electron chi connectivity index (χ4n) is 4.83. The van der Waals surface area contributed by atoms with E-state index in [9.17, 15) is 27.5 Å². The van der Waals surface area contributed by atoms with E-state index in [4.69, 9.17) is 0 Å². The fraction of sp³-hybridized carbons (Fsp3) is 0.345. The van der Waals surface area contributed by atoms with E-state index in [0.717, 1.165) is 49.2 Å². The average molecular weight is 500 g/mol. The average Bonchev–Trinajstić information content (AvgIpc) is 2.85. The lowest BCUT2D eigenvalue weighted by molar-refractivity contribution is -0.138. The molecule has 3 aromatic carbocycles. The lowest BCUT2D eigenvalue weighted by Crippen LogP contribution is -2.37. The molecule has 0 saturated carbocycles. The van der Waals surface area contributed by atoms with Gasteiger partial charge in [0, 0.05) is 0 Å². The summed E-state index contributed by atoms with van der Waals surface area (Å²) in [5.74, 6) is -1.53. The maximum absolute atomic E-state index is 13.8. The van der Waals surface area contributed by atoms with Crippen LogP contribution >= 0.6 is 0 Å². The molecule has 36 heavy (non-hydrogen) atoms. The summed E-state index contributed by atoms with van der Waals surface area (Å²) in [6, 6.07) is 16.4. The Hall–Kier alpha value is -3.19. The van der Waals surface area contributed by atoms with Gasteiger partial charge >= 0.3 is 12.1 Å². The second kappa shape index (κ2) is 10.4. The summed E-state index contributed by atoms with van der Waals surface area (Å²) in [7, 11) is 0. The van der Waals surface area contributed by atoms with Crippen LogP contribution in [0.2, 0.25) is 0 Å². The van der Waals surface area contributed by atoms with Crippen LogP contribution in [0.4, 0.5) is 17.6 Å². The van der Waals surface area contributed by atoms with Gasteiger partial charge in [-0.15, -0.1) is 0 Å². The van der Waals surface area contributed by atoms with Crippen molar-refractivity contribution in [3.63, 3.8) is 0 Å². The monoisotopic (exact) mass is 499 g/mol. The number of likely N-dealkylation sites (tertiary alicyclic amines) is 1. The third-order valence-electron chi connectivity index (χ3n) is 7.13. The van der Waals surface area contributed by atoms with Gasteiger partial charge < -0.3 is 5.11 Å². The molecule has 1 heterocycles. The largest absolute Gasteiger partial charge is 0.481 e. The van der Waals surface area contributed by atoms with Gasteiger partial charge in [-0.1, -0.05) is 43.3 Å². The smallest absolute Gasteiger partial charge is 0.416 e. The van der Waals surface area contributed by atoms with E-state index >= 15 is 0 Å². The van der Waals surface area contributed by atoms with E-state index in [2.05, 4.69) is 11.8 Å². The second-order valence-corrected chi connectivity index (χ2v) is 9.65. The number of benzene rings is 3. The number of carboxylic acids is 1. The molecule has 1 saturated heterocycles. The predicted molar refractivity (Wildman–Crippen MR) is 131 cm³/mol. The summed E-state index contributed by atoms with van der Waals surface area (Å²) < 4.78 is 53.4. The fourth-order valence-corrected chi connectivity index (χ4v) is 4.83. The zero-order valence-electron chi connectivity index (χ0n) is 20.2. The molecule has 0 spiro atoms. The molecule has 4 rings (SSSR count). The molecule has 2 atom stereocenters. The van der Waals surface area contributed by atoms with E-state index < -0.39 is 23.6 Å². The van der Waals surface area contributed by atoms with Gasteiger partial charge in [-0.2, -0.15) is 13.2 Å². The van der Waals surface area contributed by atoms with Crippen molar-refractivity contribution >= 4 is 5.97 Å². The number of halogens is 4. The van der Waals surface area contributed by atoms with Crippen molar-refractivity contribution in [1.29, 1.82) is 0 Å². The van der Waals surface area contributed by atoms with Crippen LogP contribution in [0.3, 0.4) is 0 Å². The minimum Gasteiger partial charge on any atom is -0.481 e. The van der Waals surface area contributed by atoms with E-state index in [-0.39, 0.29) is 11.9 Å². The lowest BCUT2D eigenvalue weighted by Gasteiger charge is -2.38. The number of aliphatic carboxylic acids is 1. The minimum absolute atomic E-state index is 0.260. The molecule has 0 amide bonds. The highest BCUT2D eigenvalue weighted by Gasteiger charge is 2.31. The van der Waals surface area contributed by atoms with Crippen LogP contribution in [0.1, 0.15) is 60.9 Å². The molecule has 1 N–H and O–H groups in total. The number of rotatable bonds is 6. The van der Waals surface area contributed by atoms with Crippen LogP contribution < -0.4 is 0 Å². The highest BCUT2D eigenvalue weighted by molar-refractivity contribution is 5.78. The Labute approximate surface area is 208 Å².